The minimum absolute atomic E-state index is 0.207. The van der Waals surface area contributed by atoms with E-state index in [4.69, 9.17) is 10.5 Å². The molecule has 1 saturated carbocycles. The van der Waals surface area contributed by atoms with E-state index in [2.05, 4.69) is 37.5 Å². The van der Waals surface area contributed by atoms with E-state index in [-0.39, 0.29) is 23.8 Å². The number of aliphatic hydroxyl groups excluding tert-OH is 1. The topological polar surface area (TPSA) is 131 Å². The van der Waals surface area contributed by atoms with E-state index in [1.165, 1.54) is 7.11 Å². The summed E-state index contributed by atoms with van der Waals surface area (Å²) in [6.07, 6.45) is 8.62. The molecule has 0 bridgehead atoms. The van der Waals surface area contributed by atoms with Crippen molar-refractivity contribution in [1.29, 1.82) is 0 Å². The molecule has 0 spiro atoms. The molecule has 0 radical (unpaired) electrons. The summed E-state index contributed by atoms with van der Waals surface area (Å²) in [7, 11) is 1.51. The van der Waals surface area contributed by atoms with Crippen molar-refractivity contribution < 1.29 is 9.84 Å². The fourth-order valence-electron chi connectivity index (χ4n) is 3.22. The number of methoxy groups -OCH3 is 1. The lowest BCUT2D eigenvalue weighted by molar-refractivity contribution is 0.126. The molecule has 9 heteroatoms. The van der Waals surface area contributed by atoms with Crippen LogP contribution in [0, 0.1) is 0 Å². The van der Waals surface area contributed by atoms with E-state index in [9.17, 15) is 5.11 Å². The number of aromatic nitrogens is 4. The molecule has 3 rings (SSSR count). The minimum atomic E-state index is -0.207. The molecule has 2 aromatic heterocycles. The van der Waals surface area contributed by atoms with Gasteiger partial charge >= 0.3 is 0 Å². The van der Waals surface area contributed by atoms with Gasteiger partial charge in [0, 0.05) is 18.8 Å². The molecule has 1 aliphatic rings. The Balaban J connectivity index is 1.89. The van der Waals surface area contributed by atoms with E-state index in [0.29, 0.717) is 17.5 Å². The maximum atomic E-state index is 9.77. The van der Waals surface area contributed by atoms with Gasteiger partial charge < -0.3 is 26.2 Å². The van der Waals surface area contributed by atoms with Gasteiger partial charge in [-0.05, 0) is 32.1 Å². The van der Waals surface area contributed by atoms with Gasteiger partial charge in [0.15, 0.2) is 5.82 Å². The van der Waals surface area contributed by atoms with Crippen molar-refractivity contribution in [3.8, 4) is 17.1 Å². The maximum absolute atomic E-state index is 9.77. The Kier molecular flexibility index (Phi) is 6.80. The van der Waals surface area contributed by atoms with Crippen LogP contribution in [0.15, 0.2) is 12.4 Å². The Morgan fingerprint density at radius 2 is 1.96 bits per heavy atom. The second-order valence-electron chi connectivity index (χ2n) is 7.04. The number of nitrogens with one attached hydrogen (secondary N) is 2. The number of ether oxygens (including phenoxy) is 1. The third-order valence-electron chi connectivity index (χ3n) is 4.88. The van der Waals surface area contributed by atoms with Crippen LogP contribution < -0.4 is 21.1 Å². The fourth-order valence-corrected chi connectivity index (χ4v) is 3.22. The van der Waals surface area contributed by atoms with E-state index in [1.54, 1.807) is 12.4 Å². The lowest BCUT2D eigenvalue weighted by Gasteiger charge is -2.27. The van der Waals surface area contributed by atoms with Crippen LogP contribution in [0.4, 0.5) is 17.6 Å². The van der Waals surface area contributed by atoms with Crippen LogP contribution in [0.2, 0.25) is 0 Å². The first kappa shape index (κ1) is 20.1. The molecule has 0 unspecified atom stereocenters. The normalized spacial score (nSPS) is 19.2. The van der Waals surface area contributed by atoms with Gasteiger partial charge in [-0.2, -0.15) is 4.98 Å². The average molecular weight is 387 g/mol. The van der Waals surface area contributed by atoms with Gasteiger partial charge in [-0.15, -0.1) is 0 Å². The summed E-state index contributed by atoms with van der Waals surface area (Å²) in [5.74, 6) is 1.78. The Bertz CT molecular complexity index is 779. The number of aliphatic hydroxyl groups is 1. The lowest BCUT2D eigenvalue weighted by Crippen LogP contribution is -2.29. The second kappa shape index (κ2) is 9.50. The number of nitrogen functional groups attached to an aromatic ring is 1. The molecule has 5 N–H and O–H groups in total. The summed E-state index contributed by atoms with van der Waals surface area (Å²) >= 11 is 0. The number of unbranched alkanes of at least 4 members (excludes halogenated alkanes) is 1. The molecule has 0 amide bonds. The Labute approximate surface area is 165 Å². The number of rotatable bonds is 8. The fraction of sp³-hybridized carbons (Fsp3) is 0.579. The number of anilines is 3. The van der Waals surface area contributed by atoms with Crippen LogP contribution in [-0.4, -0.2) is 50.8 Å². The number of hydrogen-bond donors (Lipinski definition) is 4. The van der Waals surface area contributed by atoms with Gasteiger partial charge in [-0.25, -0.2) is 15.0 Å². The van der Waals surface area contributed by atoms with Crippen molar-refractivity contribution in [1.82, 2.24) is 19.9 Å². The predicted molar refractivity (Wildman–Crippen MR) is 109 cm³/mol. The van der Waals surface area contributed by atoms with Gasteiger partial charge in [0.25, 0.3) is 5.88 Å². The minimum Gasteiger partial charge on any atom is -0.478 e. The van der Waals surface area contributed by atoms with Crippen LogP contribution in [0.1, 0.15) is 45.4 Å². The highest BCUT2D eigenvalue weighted by Crippen LogP contribution is 2.30. The van der Waals surface area contributed by atoms with Crippen molar-refractivity contribution in [3.05, 3.63) is 12.4 Å². The summed E-state index contributed by atoms with van der Waals surface area (Å²) in [6.45, 7) is 2.96. The molecular formula is C19H29N7O2. The number of nitrogens with zero attached hydrogens (tertiary/aromatic N) is 4. The second-order valence-corrected chi connectivity index (χ2v) is 7.04. The Morgan fingerprint density at radius 3 is 2.68 bits per heavy atom. The number of nitrogens with two attached hydrogens (primary N) is 1. The zero-order valence-corrected chi connectivity index (χ0v) is 16.5. The van der Waals surface area contributed by atoms with Crippen molar-refractivity contribution in [2.75, 3.05) is 30.0 Å². The smallest absolute Gasteiger partial charge is 0.257 e. The molecule has 2 heterocycles. The monoisotopic (exact) mass is 387 g/mol. The first-order valence-corrected chi connectivity index (χ1v) is 9.83. The number of hydrogen-bond acceptors (Lipinski definition) is 9. The van der Waals surface area contributed by atoms with Crippen molar-refractivity contribution in [2.45, 2.75) is 57.6 Å². The van der Waals surface area contributed by atoms with Gasteiger partial charge in [-0.1, -0.05) is 13.3 Å². The van der Waals surface area contributed by atoms with Gasteiger partial charge in [-0.3, -0.25) is 0 Å². The van der Waals surface area contributed by atoms with Crippen LogP contribution in [-0.2, 0) is 0 Å². The van der Waals surface area contributed by atoms with Crippen LogP contribution in [0.3, 0.4) is 0 Å². The molecule has 0 aromatic carbocycles. The third kappa shape index (κ3) is 4.98. The van der Waals surface area contributed by atoms with Gasteiger partial charge in [0.1, 0.15) is 5.82 Å². The summed E-state index contributed by atoms with van der Waals surface area (Å²) in [6, 6.07) is 0.240. The summed E-state index contributed by atoms with van der Waals surface area (Å²) in [4.78, 5) is 17.7. The molecular weight excluding hydrogens is 358 g/mol. The summed E-state index contributed by atoms with van der Waals surface area (Å²) < 4.78 is 5.20. The quantitative estimate of drug-likeness (QED) is 0.504. The third-order valence-corrected chi connectivity index (χ3v) is 4.88. The molecule has 1 fully saturated rings. The standard InChI is InChI=1S/C19H29N7O2/c1-3-4-9-21-19-23-10-14(15-11-22-16(20)18(25-15)28-2)17(26-19)24-12-5-7-13(27)8-6-12/h10-13,27H,3-9H2,1-2H3,(H2,20,22)(H2,21,23,24,26). The van der Waals surface area contributed by atoms with E-state index in [0.717, 1.165) is 50.6 Å². The lowest BCUT2D eigenvalue weighted by atomic mass is 9.93. The molecule has 28 heavy (non-hydrogen) atoms. The highest BCUT2D eigenvalue weighted by atomic mass is 16.5. The van der Waals surface area contributed by atoms with Gasteiger partial charge in [0.2, 0.25) is 5.95 Å². The molecule has 0 atom stereocenters. The Hall–Kier alpha value is -2.68. The van der Waals surface area contributed by atoms with E-state index in [1.807, 2.05) is 0 Å². The zero-order valence-electron chi connectivity index (χ0n) is 16.5. The molecule has 2 aromatic rings. The predicted octanol–water partition coefficient (Wildman–Crippen LogP) is 2.45. The molecule has 1 aliphatic carbocycles. The van der Waals surface area contributed by atoms with Gasteiger partial charge in [0.05, 0.1) is 30.7 Å². The van der Waals surface area contributed by atoms with Crippen LogP contribution >= 0.6 is 0 Å². The molecule has 152 valence electrons. The van der Waals surface area contributed by atoms with Crippen LogP contribution in [0.25, 0.3) is 11.3 Å². The zero-order chi connectivity index (χ0) is 19.9. The highest BCUT2D eigenvalue weighted by Gasteiger charge is 2.22. The first-order chi connectivity index (χ1) is 13.6. The largest absolute Gasteiger partial charge is 0.478 e. The van der Waals surface area contributed by atoms with E-state index >= 15 is 0 Å². The Morgan fingerprint density at radius 1 is 1.18 bits per heavy atom. The SMILES string of the molecule is CCCCNc1ncc(-c2cnc(N)c(OC)n2)c(NC2CCC(O)CC2)n1. The van der Waals surface area contributed by atoms with E-state index < -0.39 is 0 Å². The molecule has 0 saturated heterocycles. The van der Waals surface area contributed by atoms with Crippen molar-refractivity contribution in [3.63, 3.8) is 0 Å². The first-order valence-electron chi connectivity index (χ1n) is 9.83. The summed E-state index contributed by atoms with van der Waals surface area (Å²) in [5, 5.41) is 16.5. The molecule has 0 aliphatic heterocycles. The summed E-state index contributed by atoms with van der Waals surface area (Å²) in [5.41, 5.74) is 7.11. The maximum Gasteiger partial charge on any atom is 0.257 e. The van der Waals surface area contributed by atoms with Crippen LogP contribution in [0.5, 0.6) is 5.88 Å². The average Bonchev–Trinajstić information content (AvgIpc) is 2.71. The highest BCUT2D eigenvalue weighted by molar-refractivity contribution is 5.73. The van der Waals surface area contributed by atoms with Crippen molar-refractivity contribution >= 4 is 17.6 Å². The molecule has 9 nitrogen and oxygen atoms in total. The van der Waals surface area contributed by atoms with Crippen molar-refractivity contribution in [2.24, 2.45) is 0 Å².